The van der Waals surface area contributed by atoms with E-state index in [1.54, 1.807) is 13.3 Å². The Morgan fingerprint density at radius 3 is 2.59 bits per heavy atom. The van der Waals surface area contributed by atoms with Crippen LogP contribution in [-0.4, -0.2) is 64.9 Å². The summed E-state index contributed by atoms with van der Waals surface area (Å²) in [5, 5.41) is 0. The van der Waals surface area contributed by atoms with Crippen molar-refractivity contribution in [3.8, 4) is 5.75 Å². The molecule has 1 aromatic carbocycles. The number of methoxy groups -OCH3 is 1. The van der Waals surface area contributed by atoms with Gasteiger partial charge in [-0.3, -0.25) is 9.69 Å². The van der Waals surface area contributed by atoms with Gasteiger partial charge in [0, 0.05) is 51.3 Å². The van der Waals surface area contributed by atoms with Crippen molar-refractivity contribution >= 4 is 11.6 Å². The first-order valence-electron chi connectivity index (χ1n) is 9.31. The molecule has 0 unspecified atom stereocenters. The Labute approximate surface area is 159 Å². The molecule has 0 N–H and O–H groups in total. The third-order valence-corrected chi connectivity index (χ3v) is 5.18. The van der Waals surface area contributed by atoms with Crippen molar-refractivity contribution in [2.24, 2.45) is 0 Å². The van der Waals surface area contributed by atoms with Gasteiger partial charge in [-0.1, -0.05) is 12.1 Å². The number of benzene rings is 1. The molecule has 1 fully saturated rings. The van der Waals surface area contributed by atoms with Crippen LogP contribution in [0.2, 0.25) is 0 Å². The number of amides is 1. The summed E-state index contributed by atoms with van der Waals surface area (Å²) in [7, 11) is 1.68. The molecule has 27 heavy (non-hydrogen) atoms. The van der Waals surface area contributed by atoms with E-state index in [4.69, 9.17) is 4.74 Å². The van der Waals surface area contributed by atoms with Crippen LogP contribution in [0.1, 0.15) is 15.9 Å². The largest absolute Gasteiger partial charge is 0.497 e. The molecular weight excluding hydrogens is 340 g/mol. The zero-order valence-electron chi connectivity index (χ0n) is 15.5. The van der Waals surface area contributed by atoms with Crippen molar-refractivity contribution in [2.45, 2.75) is 6.42 Å². The second-order valence-corrected chi connectivity index (χ2v) is 6.81. The molecule has 0 spiro atoms. The Balaban J connectivity index is 1.32. The Hall–Kier alpha value is -2.86. The molecule has 1 aliphatic heterocycles. The highest BCUT2D eigenvalue weighted by molar-refractivity contribution is 5.99. The molecule has 140 valence electrons. The third kappa shape index (κ3) is 3.80. The van der Waals surface area contributed by atoms with Crippen LogP contribution in [0.4, 0.5) is 0 Å². The molecule has 1 aliphatic rings. The van der Waals surface area contributed by atoms with Crippen molar-refractivity contribution in [1.82, 2.24) is 19.2 Å². The highest BCUT2D eigenvalue weighted by Crippen LogP contribution is 2.15. The van der Waals surface area contributed by atoms with Crippen LogP contribution in [0.25, 0.3) is 5.65 Å². The summed E-state index contributed by atoms with van der Waals surface area (Å²) >= 11 is 0. The van der Waals surface area contributed by atoms with Crippen LogP contribution < -0.4 is 4.74 Å². The molecule has 1 amide bonds. The van der Waals surface area contributed by atoms with Crippen LogP contribution in [0.5, 0.6) is 5.75 Å². The van der Waals surface area contributed by atoms with E-state index in [1.165, 1.54) is 5.56 Å². The Bertz CT molecular complexity index is 911. The van der Waals surface area contributed by atoms with Crippen molar-refractivity contribution in [1.29, 1.82) is 0 Å². The van der Waals surface area contributed by atoms with Crippen molar-refractivity contribution < 1.29 is 9.53 Å². The summed E-state index contributed by atoms with van der Waals surface area (Å²) < 4.78 is 7.09. The fourth-order valence-electron chi connectivity index (χ4n) is 3.54. The van der Waals surface area contributed by atoms with E-state index in [1.807, 2.05) is 46.0 Å². The van der Waals surface area contributed by atoms with E-state index in [0.717, 1.165) is 50.5 Å². The SMILES string of the molecule is COc1ccc(CCN2CCN(C(=O)c3cccn4ccnc34)CC2)cc1. The molecule has 3 aromatic rings. The van der Waals surface area contributed by atoms with Gasteiger partial charge >= 0.3 is 0 Å². The van der Waals surface area contributed by atoms with E-state index in [2.05, 4.69) is 22.0 Å². The molecule has 0 atom stereocenters. The van der Waals surface area contributed by atoms with Gasteiger partial charge in [-0.15, -0.1) is 0 Å². The van der Waals surface area contributed by atoms with E-state index < -0.39 is 0 Å². The fraction of sp³-hybridized carbons (Fsp3) is 0.333. The summed E-state index contributed by atoms with van der Waals surface area (Å²) in [5.41, 5.74) is 2.71. The average molecular weight is 364 g/mol. The third-order valence-electron chi connectivity index (χ3n) is 5.18. The quantitative estimate of drug-likeness (QED) is 0.697. The molecule has 2 aromatic heterocycles. The van der Waals surface area contributed by atoms with Gasteiger partial charge in [0.05, 0.1) is 12.7 Å². The highest BCUT2D eigenvalue weighted by atomic mass is 16.5. The van der Waals surface area contributed by atoms with E-state index in [-0.39, 0.29) is 5.91 Å². The molecule has 0 bridgehead atoms. The zero-order valence-corrected chi connectivity index (χ0v) is 15.5. The van der Waals surface area contributed by atoms with Crippen LogP contribution >= 0.6 is 0 Å². The first-order valence-corrected chi connectivity index (χ1v) is 9.31. The molecule has 6 nitrogen and oxygen atoms in total. The molecule has 0 radical (unpaired) electrons. The minimum atomic E-state index is 0.0709. The van der Waals surface area contributed by atoms with Crippen LogP contribution in [0, 0.1) is 0 Å². The number of rotatable bonds is 5. The molecule has 6 heteroatoms. The first-order chi connectivity index (χ1) is 13.2. The van der Waals surface area contributed by atoms with Gasteiger partial charge in [-0.2, -0.15) is 0 Å². The second kappa shape index (κ2) is 7.80. The Morgan fingerprint density at radius 2 is 1.85 bits per heavy atom. The number of ether oxygens (including phenoxy) is 1. The predicted octanol–water partition coefficient (Wildman–Crippen LogP) is 2.34. The van der Waals surface area contributed by atoms with Crippen LogP contribution in [0.15, 0.2) is 55.0 Å². The van der Waals surface area contributed by atoms with Crippen LogP contribution in [-0.2, 0) is 6.42 Å². The lowest BCUT2D eigenvalue weighted by molar-refractivity contribution is 0.0640. The molecule has 3 heterocycles. The standard InChI is InChI=1S/C21H24N4O2/c1-27-18-6-4-17(5-7-18)8-11-23-13-15-25(16-14-23)21(26)19-3-2-10-24-12-9-22-20(19)24/h2-7,9-10,12H,8,11,13-16H2,1H3. The van der Waals surface area contributed by atoms with E-state index in [0.29, 0.717) is 5.56 Å². The predicted molar refractivity (Wildman–Crippen MR) is 104 cm³/mol. The van der Waals surface area contributed by atoms with Crippen molar-refractivity contribution in [2.75, 3.05) is 39.8 Å². The maximum absolute atomic E-state index is 12.9. The zero-order chi connectivity index (χ0) is 18.6. The highest BCUT2D eigenvalue weighted by Gasteiger charge is 2.23. The first kappa shape index (κ1) is 17.5. The Morgan fingerprint density at radius 1 is 1.07 bits per heavy atom. The minimum absolute atomic E-state index is 0.0709. The van der Waals surface area contributed by atoms with E-state index >= 15 is 0 Å². The number of aromatic nitrogens is 2. The topological polar surface area (TPSA) is 50.1 Å². The molecule has 0 saturated carbocycles. The lowest BCUT2D eigenvalue weighted by Gasteiger charge is -2.34. The van der Waals surface area contributed by atoms with Crippen molar-refractivity contribution in [3.63, 3.8) is 0 Å². The smallest absolute Gasteiger partial charge is 0.257 e. The lowest BCUT2D eigenvalue weighted by Crippen LogP contribution is -2.49. The molecule has 1 saturated heterocycles. The summed E-state index contributed by atoms with van der Waals surface area (Å²) in [6.07, 6.45) is 6.51. The number of carbonyl (C=O) groups is 1. The lowest BCUT2D eigenvalue weighted by atomic mass is 10.1. The Kier molecular flexibility index (Phi) is 5.07. The molecule has 4 rings (SSSR count). The molecule has 0 aliphatic carbocycles. The second-order valence-electron chi connectivity index (χ2n) is 6.81. The number of hydrogen-bond acceptors (Lipinski definition) is 4. The maximum atomic E-state index is 12.9. The van der Waals surface area contributed by atoms with Crippen molar-refractivity contribution in [3.05, 3.63) is 66.1 Å². The van der Waals surface area contributed by atoms with Gasteiger partial charge in [0.1, 0.15) is 11.4 Å². The van der Waals surface area contributed by atoms with Gasteiger partial charge in [0.25, 0.3) is 5.91 Å². The monoisotopic (exact) mass is 364 g/mol. The number of fused-ring (bicyclic) bond motifs is 1. The van der Waals surface area contributed by atoms with Gasteiger partial charge in [0.2, 0.25) is 0 Å². The number of imidazole rings is 1. The summed E-state index contributed by atoms with van der Waals surface area (Å²) in [5.74, 6) is 0.958. The van der Waals surface area contributed by atoms with Crippen LogP contribution in [0.3, 0.4) is 0 Å². The number of hydrogen-bond donors (Lipinski definition) is 0. The minimum Gasteiger partial charge on any atom is -0.497 e. The van der Waals surface area contributed by atoms with Gasteiger partial charge < -0.3 is 14.0 Å². The average Bonchev–Trinajstić information content (AvgIpc) is 3.21. The summed E-state index contributed by atoms with van der Waals surface area (Å²) in [6.45, 7) is 4.32. The molecular formula is C21H24N4O2. The maximum Gasteiger partial charge on any atom is 0.257 e. The summed E-state index contributed by atoms with van der Waals surface area (Å²) in [6, 6.07) is 12.0. The van der Waals surface area contributed by atoms with Gasteiger partial charge in [-0.25, -0.2) is 4.98 Å². The fourth-order valence-corrected chi connectivity index (χ4v) is 3.54. The number of carbonyl (C=O) groups excluding carboxylic acids is 1. The number of piperazine rings is 1. The number of pyridine rings is 1. The number of nitrogens with zero attached hydrogens (tertiary/aromatic N) is 4. The van der Waals surface area contributed by atoms with Gasteiger partial charge in [-0.05, 0) is 36.2 Å². The summed E-state index contributed by atoms with van der Waals surface area (Å²) in [4.78, 5) is 21.6. The normalized spacial score (nSPS) is 15.2. The van der Waals surface area contributed by atoms with Gasteiger partial charge in [0.15, 0.2) is 0 Å². The van der Waals surface area contributed by atoms with E-state index in [9.17, 15) is 4.79 Å².